The van der Waals surface area contributed by atoms with Crippen molar-refractivity contribution in [2.45, 2.75) is 37.9 Å². The van der Waals surface area contributed by atoms with Crippen LogP contribution in [0.2, 0.25) is 5.02 Å². The quantitative estimate of drug-likeness (QED) is 0.608. The van der Waals surface area contributed by atoms with Crippen molar-refractivity contribution < 1.29 is 4.79 Å². The van der Waals surface area contributed by atoms with Gasteiger partial charge in [-0.3, -0.25) is 4.79 Å². The predicted octanol–water partition coefficient (Wildman–Crippen LogP) is 3.85. The number of carbonyl (C=O) groups is 1. The number of rotatable bonds is 9. The number of halogens is 1. The number of benzene rings is 1. The standard InChI is InChI=1S/C18H20ClN5OS/c1-2-9-24-16-6-5-14(19)12-15(16)22-18(24)26-13-17(25)23(10-3-7-20)11-4-8-21/h5-6,12H,2-4,9-11,13H2,1H3. The molecule has 0 aliphatic carbocycles. The lowest BCUT2D eigenvalue weighted by Gasteiger charge is -2.20. The summed E-state index contributed by atoms with van der Waals surface area (Å²) in [6, 6.07) is 9.68. The molecular formula is C18H20ClN5OS. The van der Waals surface area contributed by atoms with Crippen LogP contribution in [0.5, 0.6) is 0 Å². The number of nitriles is 2. The van der Waals surface area contributed by atoms with Crippen LogP contribution in [0.1, 0.15) is 26.2 Å². The Balaban J connectivity index is 2.14. The highest BCUT2D eigenvalue weighted by atomic mass is 35.5. The van der Waals surface area contributed by atoms with Gasteiger partial charge >= 0.3 is 0 Å². The second-order valence-electron chi connectivity index (χ2n) is 5.66. The van der Waals surface area contributed by atoms with Crippen molar-refractivity contribution in [2.24, 2.45) is 0 Å². The fourth-order valence-electron chi connectivity index (χ4n) is 2.58. The van der Waals surface area contributed by atoms with Crippen LogP contribution >= 0.6 is 23.4 Å². The van der Waals surface area contributed by atoms with Crippen LogP contribution in [-0.4, -0.2) is 39.2 Å². The lowest BCUT2D eigenvalue weighted by Crippen LogP contribution is -2.34. The minimum Gasteiger partial charge on any atom is -0.340 e. The molecule has 2 aromatic rings. The molecule has 1 aromatic heterocycles. The summed E-state index contributed by atoms with van der Waals surface area (Å²) >= 11 is 7.43. The Hall–Kier alpha value is -2.22. The van der Waals surface area contributed by atoms with E-state index in [1.807, 2.05) is 30.3 Å². The summed E-state index contributed by atoms with van der Waals surface area (Å²) in [5, 5.41) is 18.9. The molecule has 0 N–H and O–H groups in total. The summed E-state index contributed by atoms with van der Waals surface area (Å²) in [6.07, 6.45) is 1.47. The van der Waals surface area contributed by atoms with Gasteiger partial charge in [0, 0.05) is 24.7 Å². The number of carbonyl (C=O) groups excluding carboxylic acids is 1. The van der Waals surface area contributed by atoms with E-state index in [9.17, 15) is 4.79 Å². The van der Waals surface area contributed by atoms with Crippen LogP contribution in [0.4, 0.5) is 0 Å². The zero-order chi connectivity index (χ0) is 18.9. The van der Waals surface area contributed by atoms with Gasteiger partial charge in [0.25, 0.3) is 0 Å². The molecule has 0 aliphatic heterocycles. The first-order valence-corrected chi connectivity index (χ1v) is 9.77. The van der Waals surface area contributed by atoms with Crippen LogP contribution in [0, 0.1) is 22.7 Å². The minimum atomic E-state index is -0.0892. The van der Waals surface area contributed by atoms with Crippen molar-refractivity contribution in [1.82, 2.24) is 14.5 Å². The SMILES string of the molecule is CCCn1c(SCC(=O)N(CCC#N)CCC#N)nc2cc(Cl)ccc21. The molecule has 8 heteroatoms. The number of fused-ring (bicyclic) bond motifs is 1. The third-order valence-electron chi connectivity index (χ3n) is 3.79. The van der Waals surface area contributed by atoms with E-state index in [1.165, 1.54) is 11.8 Å². The van der Waals surface area contributed by atoms with E-state index in [1.54, 1.807) is 4.90 Å². The van der Waals surface area contributed by atoms with E-state index in [4.69, 9.17) is 22.1 Å². The maximum Gasteiger partial charge on any atom is 0.233 e. The highest BCUT2D eigenvalue weighted by Crippen LogP contribution is 2.26. The lowest BCUT2D eigenvalue weighted by molar-refractivity contribution is -0.128. The average molecular weight is 390 g/mol. The second kappa shape index (κ2) is 10.1. The van der Waals surface area contributed by atoms with Crippen LogP contribution in [0.3, 0.4) is 0 Å². The van der Waals surface area contributed by atoms with Gasteiger partial charge in [0.1, 0.15) is 0 Å². The van der Waals surface area contributed by atoms with Crippen molar-refractivity contribution in [3.63, 3.8) is 0 Å². The van der Waals surface area contributed by atoms with E-state index >= 15 is 0 Å². The third-order valence-corrected chi connectivity index (χ3v) is 4.98. The summed E-state index contributed by atoms with van der Waals surface area (Å²) in [4.78, 5) is 18.7. The first kappa shape index (κ1) is 20.1. The maximum absolute atomic E-state index is 12.5. The van der Waals surface area contributed by atoms with Gasteiger partial charge in [-0.25, -0.2) is 4.98 Å². The van der Waals surface area contributed by atoms with Crippen molar-refractivity contribution in [3.05, 3.63) is 23.2 Å². The second-order valence-corrected chi connectivity index (χ2v) is 7.04. The Labute approximate surface area is 162 Å². The number of hydrogen-bond acceptors (Lipinski definition) is 5. The Kier molecular flexibility index (Phi) is 7.77. The third kappa shape index (κ3) is 5.14. The van der Waals surface area contributed by atoms with Crippen LogP contribution in [0.15, 0.2) is 23.4 Å². The van der Waals surface area contributed by atoms with Gasteiger partial charge in [-0.15, -0.1) is 0 Å². The Bertz CT molecular complexity index is 834. The van der Waals surface area contributed by atoms with E-state index in [2.05, 4.69) is 16.5 Å². The van der Waals surface area contributed by atoms with Gasteiger partial charge in [0.2, 0.25) is 5.91 Å². The molecular weight excluding hydrogens is 370 g/mol. The summed E-state index contributed by atoms with van der Waals surface area (Å²) in [7, 11) is 0. The largest absolute Gasteiger partial charge is 0.340 e. The number of imidazole rings is 1. The minimum absolute atomic E-state index is 0.0892. The molecule has 1 amide bonds. The lowest BCUT2D eigenvalue weighted by atomic mass is 10.3. The molecule has 0 atom stereocenters. The van der Waals surface area contributed by atoms with Gasteiger partial charge in [0.05, 0.1) is 41.8 Å². The summed E-state index contributed by atoms with van der Waals surface area (Å²) in [5.74, 6) is 0.131. The zero-order valence-electron chi connectivity index (χ0n) is 14.6. The fourth-order valence-corrected chi connectivity index (χ4v) is 3.69. The van der Waals surface area contributed by atoms with Crippen molar-refractivity contribution in [3.8, 4) is 12.1 Å². The molecule has 2 rings (SSSR count). The molecule has 136 valence electrons. The summed E-state index contributed by atoms with van der Waals surface area (Å²) in [6.45, 7) is 3.59. The van der Waals surface area contributed by atoms with Crippen molar-refractivity contribution in [1.29, 1.82) is 10.5 Å². The van der Waals surface area contributed by atoms with Gasteiger partial charge < -0.3 is 9.47 Å². The monoisotopic (exact) mass is 389 g/mol. The smallest absolute Gasteiger partial charge is 0.233 e. The number of nitrogens with zero attached hydrogens (tertiary/aromatic N) is 5. The Morgan fingerprint density at radius 3 is 2.62 bits per heavy atom. The van der Waals surface area contributed by atoms with E-state index < -0.39 is 0 Å². The molecule has 0 unspecified atom stereocenters. The molecule has 0 aliphatic rings. The number of hydrogen-bond donors (Lipinski definition) is 0. The van der Waals surface area contributed by atoms with Gasteiger partial charge in [-0.2, -0.15) is 10.5 Å². The maximum atomic E-state index is 12.5. The molecule has 0 radical (unpaired) electrons. The van der Waals surface area contributed by atoms with Gasteiger partial charge in [-0.1, -0.05) is 30.3 Å². The molecule has 0 bridgehead atoms. The van der Waals surface area contributed by atoms with Crippen LogP contribution < -0.4 is 0 Å². The van der Waals surface area contributed by atoms with Crippen LogP contribution in [-0.2, 0) is 11.3 Å². The number of thioether (sulfide) groups is 1. The van der Waals surface area contributed by atoms with E-state index in [0.29, 0.717) is 18.1 Å². The Morgan fingerprint density at radius 1 is 1.31 bits per heavy atom. The van der Waals surface area contributed by atoms with Gasteiger partial charge in [0.15, 0.2) is 5.16 Å². The Morgan fingerprint density at radius 2 is 2.00 bits per heavy atom. The molecule has 0 saturated heterocycles. The average Bonchev–Trinajstić information content (AvgIpc) is 2.97. The summed E-state index contributed by atoms with van der Waals surface area (Å²) < 4.78 is 2.10. The number of amides is 1. The van der Waals surface area contributed by atoms with Crippen molar-refractivity contribution in [2.75, 3.05) is 18.8 Å². The number of aromatic nitrogens is 2. The highest BCUT2D eigenvalue weighted by molar-refractivity contribution is 7.99. The molecule has 6 nitrogen and oxygen atoms in total. The van der Waals surface area contributed by atoms with E-state index in [0.717, 1.165) is 29.2 Å². The van der Waals surface area contributed by atoms with Crippen molar-refractivity contribution >= 4 is 40.3 Å². The normalized spacial score (nSPS) is 10.5. The van der Waals surface area contributed by atoms with Crippen LogP contribution in [0.25, 0.3) is 11.0 Å². The first-order chi connectivity index (χ1) is 12.6. The van der Waals surface area contributed by atoms with E-state index in [-0.39, 0.29) is 24.5 Å². The molecule has 0 spiro atoms. The molecule has 1 aromatic carbocycles. The molecule has 0 fully saturated rings. The topological polar surface area (TPSA) is 85.7 Å². The number of aryl methyl sites for hydroxylation is 1. The molecule has 26 heavy (non-hydrogen) atoms. The summed E-state index contributed by atoms with van der Waals surface area (Å²) in [5.41, 5.74) is 1.81. The molecule has 0 saturated carbocycles. The first-order valence-electron chi connectivity index (χ1n) is 8.41. The van der Waals surface area contributed by atoms with Gasteiger partial charge in [-0.05, 0) is 24.6 Å². The highest BCUT2D eigenvalue weighted by Gasteiger charge is 2.17. The molecule has 1 heterocycles. The predicted molar refractivity (Wildman–Crippen MR) is 103 cm³/mol. The zero-order valence-corrected chi connectivity index (χ0v) is 16.2. The fraction of sp³-hybridized carbons (Fsp3) is 0.444.